The summed E-state index contributed by atoms with van der Waals surface area (Å²) in [4.78, 5) is 5.21. The number of thiazole rings is 1. The molecule has 0 saturated heterocycles. The summed E-state index contributed by atoms with van der Waals surface area (Å²) in [5, 5.41) is 34.8. The van der Waals surface area contributed by atoms with Crippen molar-refractivity contribution in [2.75, 3.05) is 0 Å². The van der Waals surface area contributed by atoms with Crippen molar-refractivity contribution >= 4 is 17.6 Å². The lowest BCUT2D eigenvalue weighted by Crippen LogP contribution is -2.14. The maximum Gasteiger partial charge on any atom is 0.206 e. The zero-order chi connectivity index (χ0) is 15.6. The molecule has 0 amide bonds. The van der Waals surface area contributed by atoms with Crippen LogP contribution in [-0.2, 0) is 0 Å². The van der Waals surface area contributed by atoms with E-state index >= 15 is 0 Å². The van der Waals surface area contributed by atoms with Crippen LogP contribution in [-0.4, -0.2) is 32.3 Å². The van der Waals surface area contributed by atoms with Crippen LogP contribution < -0.4 is 4.80 Å². The van der Waals surface area contributed by atoms with Gasteiger partial charge in [-0.05, 0) is 32.9 Å². The van der Waals surface area contributed by atoms with E-state index in [2.05, 4.69) is 10.1 Å². The highest BCUT2D eigenvalue weighted by Crippen LogP contribution is 2.36. The fourth-order valence-corrected chi connectivity index (χ4v) is 2.58. The molecule has 1 aromatic carbocycles. The van der Waals surface area contributed by atoms with Crippen LogP contribution in [0, 0.1) is 6.92 Å². The average molecular weight is 307 g/mol. The third-order valence-electron chi connectivity index (χ3n) is 2.69. The summed E-state index contributed by atoms with van der Waals surface area (Å²) in [6.07, 6.45) is 1.41. The Labute approximate surface area is 126 Å². The Hall–Kier alpha value is -2.28. The van der Waals surface area contributed by atoms with Gasteiger partial charge in [-0.3, -0.25) is 4.99 Å². The fraction of sp³-hybridized carbons (Fsp3) is 0.286. The molecule has 0 fully saturated rings. The number of benzene rings is 1. The predicted molar refractivity (Wildman–Crippen MR) is 82.2 cm³/mol. The minimum absolute atomic E-state index is 0.149. The van der Waals surface area contributed by atoms with Crippen molar-refractivity contribution < 1.29 is 15.3 Å². The highest BCUT2D eigenvalue weighted by molar-refractivity contribution is 7.07. The molecule has 0 saturated carbocycles. The third-order valence-corrected chi connectivity index (χ3v) is 3.64. The van der Waals surface area contributed by atoms with Gasteiger partial charge in [-0.25, -0.2) is 4.68 Å². The molecule has 6 nitrogen and oxygen atoms in total. The first-order valence-corrected chi connectivity index (χ1v) is 7.27. The predicted octanol–water partition coefficient (Wildman–Crippen LogP) is 2.17. The van der Waals surface area contributed by atoms with E-state index in [1.165, 1.54) is 29.7 Å². The van der Waals surface area contributed by atoms with Gasteiger partial charge >= 0.3 is 0 Å². The Kier molecular flexibility index (Phi) is 4.32. The molecule has 0 aliphatic rings. The first-order valence-electron chi connectivity index (χ1n) is 6.39. The second kappa shape index (κ2) is 6.01. The van der Waals surface area contributed by atoms with E-state index in [1.807, 2.05) is 26.2 Å². The van der Waals surface area contributed by atoms with Crippen LogP contribution in [0.4, 0.5) is 0 Å². The quantitative estimate of drug-likeness (QED) is 0.599. The summed E-state index contributed by atoms with van der Waals surface area (Å²) in [6, 6.07) is 2.91. The average Bonchev–Trinajstić information content (AvgIpc) is 2.76. The second-order valence-corrected chi connectivity index (χ2v) is 5.65. The van der Waals surface area contributed by atoms with E-state index in [-0.39, 0.29) is 11.8 Å². The zero-order valence-electron chi connectivity index (χ0n) is 12.0. The first kappa shape index (κ1) is 15.1. The molecule has 112 valence electrons. The lowest BCUT2D eigenvalue weighted by molar-refractivity contribution is 0.367. The number of hydrogen-bond acceptors (Lipinski definition) is 6. The van der Waals surface area contributed by atoms with Crippen LogP contribution in [0.1, 0.15) is 25.1 Å². The van der Waals surface area contributed by atoms with Crippen molar-refractivity contribution in [3.05, 3.63) is 33.6 Å². The highest BCUT2D eigenvalue weighted by Gasteiger charge is 2.09. The second-order valence-electron chi connectivity index (χ2n) is 4.81. The molecule has 1 aromatic heterocycles. The Morgan fingerprint density at radius 3 is 2.57 bits per heavy atom. The largest absolute Gasteiger partial charge is 0.504 e. The molecule has 0 bridgehead atoms. The van der Waals surface area contributed by atoms with Crippen LogP contribution in [0.15, 0.2) is 27.6 Å². The molecule has 0 radical (unpaired) electrons. The molecule has 2 aromatic rings. The maximum absolute atomic E-state index is 9.76. The smallest absolute Gasteiger partial charge is 0.206 e. The number of phenols is 3. The van der Waals surface area contributed by atoms with Crippen molar-refractivity contribution in [1.29, 1.82) is 0 Å². The molecule has 1 heterocycles. The fourth-order valence-electron chi connectivity index (χ4n) is 1.64. The molecular weight excluding hydrogens is 290 g/mol. The van der Waals surface area contributed by atoms with Crippen LogP contribution in [0.5, 0.6) is 17.2 Å². The molecular formula is C14H17N3O3S. The van der Waals surface area contributed by atoms with E-state index in [0.29, 0.717) is 5.56 Å². The van der Waals surface area contributed by atoms with E-state index in [0.717, 1.165) is 10.5 Å². The number of aromatic nitrogens is 1. The van der Waals surface area contributed by atoms with Crippen molar-refractivity contribution in [3.8, 4) is 17.2 Å². The summed E-state index contributed by atoms with van der Waals surface area (Å²) in [5.74, 6) is -1.34. The summed E-state index contributed by atoms with van der Waals surface area (Å²) >= 11 is 1.48. The van der Waals surface area contributed by atoms with Gasteiger partial charge in [-0.2, -0.15) is 5.10 Å². The van der Waals surface area contributed by atoms with Crippen LogP contribution in [0.3, 0.4) is 0 Å². The van der Waals surface area contributed by atoms with E-state index in [1.54, 1.807) is 4.68 Å². The van der Waals surface area contributed by atoms with Crippen molar-refractivity contribution in [2.24, 2.45) is 10.1 Å². The molecule has 0 atom stereocenters. The number of nitrogens with zero attached hydrogens (tertiary/aromatic N) is 3. The molecule has 0 unspecified atom stereocenters. The van der Waals surface area contributed by atoms with Crippen molar-refractivity contribution in [3.63, 3.8) is 0 Å². The van der Waals surface area contributed by atoms with Gasteiger partial charge in [0.25, 0.3) is 0 Å². The third kappa shape index (κ3) is 3.25. The molecule has 2 rings (SSSR count). The monoisotopic (exact) mass is 307 g/mol. The number of rotatable bonds is 3. The van der Waals surface area contributed by atoms with Gasteiger partial charge in [-0.1, -0.05) is 0 Å². The minimum Gasteiger partial charge on any atom is -0.504 e. The lowest BCUT2D eigenvalue weighted by Gasteiger charge is -2.04. The van der Waals surface area contributed by atoms with Crippen LogP contribution >= 0.6 is 11.3 Å². The van der Waals surface area contributed by atoms with Gasteiger partial charge in [0.05, 0.1) is 11.9 Å². The number of aryl methyl sites for hydroxylation is 1. The van der Waals surface area contributed by atoms with Gasteiger partial charge in [-0.15, -0.1) is 11.3 Å². The number of aromatic hydroxyl groups is 3. The van der Waals surface area contributed by atoms with Crippen molar-refractivity contribution in [2.45, 2.75) is 26.8 Å². The van der Waals surface area contributed by atoms with Crippen LogP contribution in [0.25, 0.3) is 0 Å². The SMILES string of the molecule is Cc1csc(=NC(C)C)n1N=Cc1ccc(O)c(O)c1O. The van der Waals surface area contributed by atoms with Crippen molar-refractivity contribution in [1.82, 2.24) is 4.68 Å². The zero-order valence-corrected chi connectivity index (χ0v) is 12.8. The number of hydrogen-bond donors (Lipinski definition) is 3. The Bertz CT molecular complexity index is 744. The molecule has 21 heavy (non-hydrogen) atoms. The normalized spacial score (nSPS) is 12.7. The van der Waals surface area contributed by atoms with E-state index < -0.39 is 11.5 Å². The van der Waals surface area contributed by atoms with Gasteiger partial charge < -0.3 is 15.3 Å². The minimum atomic E-state index is -0.557. The van der Waals surface area contributed by atoms with Gasteiger partial charge in [0, 0.05) is 17.0 Å². The molecule has 0 spiro atoms. The Morgan fingerprint density at radius 2 is 1.90 bits per heavy atom. The standard InChI is InChI=1S/C14H17N3O3S/c1-8(2)16-14-17(9(3)7-21-14)15-6-10-4-5-11(18)13(20)12(10)19/h4-8,18-20H,1-3H3. The molecule has 0 aliphatic heterocycles. The first-order chi connectivity index (χ1) is 9.90. The van der Waals surface area contributed by atoms with Gasteiger partial charge in [0.15, 0.2) is 11.5 Å². The molecule has 0 aliphatic carbocycles. The highest BCUT2D eigenvalue weighted by atomic mass is 32.1. The topological polar surface area (TPSA) is 90.3 Å². The maximum atomic E-state index is 9.76. The molecule has 3 N–H and O–H groups in total. The Balaban J connectivity index is 2.44. The summed E-state index contributed by atoms with van der Waals surface area (Å²) < 4.78 is 1.66. The van der Waals surface area contributed by atoms with E-state index in [9.17, 15) is 15.3 Å². The van der Waals surface area contributed by atoms with Crippen LogP contribution in [0.2, 0.25) is 0 Å². The number of phenolic OH excluding ortho intramolecular Hbond substituents is 3. The Morgan fingerprint density at radius 1 is 1.19 bits per heavy atom. The summed E-state index contributed by atoms with van der Waals surface area (Å²) in [6.45, 7) is 5.86. The van der Waals surface area contributed by atoms with Gasteiger partial charge in [0.1, 0.15) is 0 Å². The molecule has 7 heteroatoms. The van der Waals surface area contributed by atoms with E-state index in [4.69, 9.17) is 0 Å². The summed E-state index contributed by atoms with van der Waals surface area (Å²) in [5.41, 5.74) is 1.22. The summed E-state index contributed by atoms with van der Waals surface area (Å²) in [7, 11) is 0. The lowest BCUT2D eigenvalue weighted by atomic mass is 10.2. The van der Waals surface area contributed by atoms with Gasteiger partial charge in [0.2, 0.25) is 10.6 Å².